The number of hydrogen-bond acceptors (Lipinski definition) is 5. The van der Waals surface area contributed by atoms with Crippen molar-refractivity contribution in [2.24, 2.45) is 0 Å². The first kappa shape index (κ1) is 20.5. The van der Waals surface area contributed by atoms with E-state index in [2.05, 4.69) is 23.1 Å². The van der Waals surface area contributed by atoms with Gasteiger partial charge in [-0.2, -0.15) is 0 Å². The summed E-state index contributed by atoms with van der Waals surface area (Å²) in [6.45, 7) is 6.42. The Morgan fingerprint density at radius 3 is 2.83 bits per heavy atom. The van der Waals surface area contributed by atoms with Gasteiger partial charge in [-0.05, 0) is 63.1 Å². The molecular formula is C25H30N2O3. The van der Waals surface area contributed by atoms with E-state index in [1.54, 1.807) is 7.11 Å². The average molecular weight is 407 g/mol. The van der Waals surface area contributed by atoms with E-state index in [0.717, 1.165) is 48.0 Å². The summed E-state index contributed by atoms with van der Waals surface area (Å²) in [5, 5.41) is 0. The van der Waals surface area contributed by atoms with Crippen LogP contribution in [-0.4, -0.2) is 30.1 Å². The van der Waals surface area contributed by atoms with Gasteiger partial charge in [-0.15, -0.1) is 0 Å². The highest BCUT2D eigenvalue weighted by Gasteiger charge is 2.26. The molecule has 0 radical (unpaired) electrons. The molecule has 0 unspecified atom stereocenters. The van der Waals surface area contributed by atoms with Crippen molar-refractivity contribution in [3.8, 4) is 23.0 Å². The van der Waals surface area contributed by atoms with E-state index < -0.39 is 0 Å². The van der Waals surface area contributed by atoms with Gasteiger partial charge in [0.1, 0.15) is 17.3 Å². The first-order valence-corrected chi connectivity index (χ1v) is 10.8. The summed E-state index contributed by atoms with van der Waals surface area (Å²) >= 11 is 0. The van der Waals surface area contributed by atoms with Crippen molar-refractivity contribution >= 4 is 0 Å². The van der Waals surface area contributed by atoms with Crippen molar-refractivity contribution in [3.05, 3.63) is 65.5 Å². The van der Waals surface area contributed by atoms with Gasteiger partial charge in [0.15, 0.2) is 0 Å². The van der Waals surface area contributed by atoms with Crippen LogP contribution in [0.4, 0.5) is 0 Å². The highest BCUT2D eigenvalue weighted by atomic mass is 16.5. The van der Waals surface area contributed by atoms with Crippen molar-refractivity contribution in [1.29, 1.82) is 0 Å². The minimum Gasteiger partial charge on any atom is -0.497 e. The fourth-order valence-electron chi connectivity index (χ4n) is 4.21. The molecule has 3 aromatic rings. The average Bonchev–Trinajstić information content (AvgIpc) is 3.15. The molecule has 0 bridgehead atoms. The van der Waals surface area contributed by atoms with E-state index in [1.807, 2.05) is 44.2 Å². The van der Waals surface area contributed by atoms with Crippen LogP contribution in [0.3, 0.4) is 0 Å². The van der Waals surface area contributed by atoms with Gasteiger partial charge in [0, 0.05) is 12.6 Å². The van der Waals surface area contributed by atoms with Crippen molar-refractivity contribution in [3.63, 3.8) is 0 Å². The molecule has 0 spiro atoms. The molecule has 0 amide bonds. The Kier molecular flexibility index (Phi) is 6.38. The van der Waals surface area contributed by atoms with Crippen LogP contribution in [0.5, 0.6) is 11.5 Å². The van der Waals surface area contributed by atoms with Crippen LogP contribution in [0.2, 0.25) is 0 Å². The van der Waals surface area contributed by atoms with Crippen molar-refractivity contribution in [2.75, 3.05) is 20.3 Å². The van der Waals surface area contributed by atoms with Gasteiger partial charge in [-0.25, -0.2) is 4.98 Å². The summed E-state index contributed by atoms with van der Waals surface area (Å²) in [4.78, 5) is 7.38. The predicted octanol–water partition coefficient (Wildman–Crippen LogP) is 5.78. The van der Waals surface area contributed by atoms with Gasteiger partial charge in [0.25, 0.3) is 0 Å². The zero-order valence-corrected chi connectivity index (χ0v) is 18.1. The van der Waals surface area contributed by atoms with E-state index in [9.17, 15) is 0 Å². The summed E-state index contributed by atoms with van der Waals surface area (Å²) in [5.41, 5.74) is 3.19. The van der Waals surface area contributed by atoms with Crippen LogP contribution < -0.4 is 9.47 Å². The Balaban J connectivity index is 1.59. The topological polar surface area (TPSA) is 47.7 Å². The molecule has 4 rings (SSSR count). The summed E-state index contributed by atoms with van der Waals surface area (Å²) in [6, 6.07) is 16.7. The van der Waals surface area contributed by atoms with E-state index in [0.29, 0.717) is 18.5 Å². The number of aryl methyl sites for hydroxylation is 1. The van der Waals surface area contributed by atoms with Crippen LogP contribution >= 0.6 is 0 Å². The smallest absolute Gasteiger partial charge is 0.230 e. The number of nitrogens with zero attached hydrogens (tertiary/aromatic N) is 2. The summed E-state index contributed by atoms with van der Waals surface area (Å²) in [5.74, 6) is 3.21. The lowest BCUT2D eigenvalue weighted by atomic mass is 9.95. The standard InChI is InChI=1S/C25H30N2O3/c1-4-29-24-14-6-5-12-21(24)25-26-22(18(2)30-25)17-27-15-8-7-13-23(27)19-10-9-11-20(16-19)28-3/h5-6,9-12,14,16,23H,4,7-8,13,15,17H2,1-3H3/t23-/m1/s1. The number of piperidine rings is 1. The Bertz CT molecular complexity index is 982. The monoisotopic (exact) mass is 406 g/mol. The molecule has 0 aliphatic carbocycles. The van der Waals surface area contributed by atoms with Crippen LogP contribution in [-0.2, 0) is 6.54 Å². The Labute approximate surface area is 178 Å². The number of oxazole rings is 1. The normalized spacial score (nSPS) is 17.1. The third-order valence-electron chi connectivity index (χ3n) is 5.76. The van der Waals surface area contributed by atoms with Gasteiger partial charge in [0.2, 0.25) is 5.89 Å². The maximum atomic E-state index is 6.07. The molecule has 5 heteroatoms. The predicted molar refractivity (Wildman–Crippen MR) is 118 cm³/mol. The number of likely N-dealkylation sites (tertiary alicyclic amines) is 1. The van der Waals surface area contributed by atoms with Crippen LogP contribution in [0.25, 0.3) is 11.5 Å². The Hall–Kier alpha value is -2.79. The molecule has 1 aliphatic rings. The molecule has 0 N–H and O–H groups in total. The second-order valence-corrected chi connectivity index (χ2v) is 7.71. The van der Waals surface area contributed by atoms with Crippen LogP contribution in [0, 0.1) is 6.92 Å². The molecule has 158 valence electrons. The number of benzene rings is 2. The first-order chi connectivity index (χ1) is 14.7. The second-order valence-electron chi connectivity index (χ2n) is 7.71. The molecule has 1 fully saturated rings. The molecular weight excluding hydrogens is 376 g/mol. The van der Waals surface area contributed by atoms with E-state index in [1.165, 1.54) is 18.4 Å². The summed E-state index contributed by atoms with van der Waals surface area (Å²) in [7, 11) is 1.72. The number of methoxy groups -OCH3 is 1. The first-order valence-electron chi connectivity index (χ1n) is 10.8. The van der Waals surface area contributed by atoms with E-state index >= 15 is 0 Å². The van der Waals surface area contributed by atoms with Crippen molar-refractivity contribution < 1.29 is 13.9 Å². The van der Waals surface area contributed by atoms with Crippen LogP contribution in [0.15, 0.2) is 52.9 Å². The lowest BCUT2D eigenvalue weighted by Crippen LogP contribution is -2.33. The largest absolute Gasteiger partial charge is 0.497 e. The lowest BCUT2D eigenvalue weighted by molar-refractivity contribution is 0.138. The lowest BCUT2D eigenvalue weighted by Gasteiger charge is -2.35. The molecule has 30 heavy (non-hydrogen) atoms. The summed E-state index contributed by atoms with van der Waals surface area (Å²) in [6.07, 6.45) is 3.59. The second kappa shape index (κ2) is 9.35. The third-order valence-corrected chi connectivity index (χ3v) is 5.76. The fourth-order valence-corrected chi connectivity index (χ4v) is 4.21. The SMILES string of the molecule is CCOc1ccccc1-c1nc(CN2CCCC[C@@H]2c2cccc(OC)c2)c(C)o1. The van der Waals surface area contributed by atoms with E-state index in [-0.39, 0.29) is 0 Å². The molecule has 1 aliphatic heterocycles. The quantitative estimate of drug-likeness (QED) is 0.497. The number of hydrogen-bond donors (Lipinski definition) is 0. The zero-order chi connectivity index (χ0) is 20.9. The summed E-state index contributed by atoms with van der Waals surface area (Å²) < 4.78 is 17.3. The molecule has 5 nitrogen and oxygen atoms in total. The van der Waals surface area contributed by atoms with Crippen molar-refractivity contribution in [1.82, 2.24) is 9.88 Å². The number of rotatable bonds is 7. The van der Waals surface area contributed by atoms with Gasteiger partial charge >= 0.3 is 0 Å². The molecule has 0 saturated carbocycles. The molecule has 1 aromatic heterocycles. The maximum absolute atomic E-state index is 6.07. The molecule has 1 saturated heterocycles. The van der Waals surface area contributed by atoms with Gasteiger partial charge in [0.05, 0.1) is 25.0 Å². The van der Waals surface area contributed by atoms with Gasteiger partial charge < -0.3 is 13.9 Å². The fraction of sp³-hybridized carbons (Fsp3) is 0.400. The number of para-hydroxylation sites is 1. The minimum absolute atomic E-state index is 0.365. The molecule has 2 heterocycles. The minimum atomic E-state index is 0.365. The van der Waals surface area contributed by atoms with E-state index in [4.69, 9.17) is 18.9 Å². The molecule has 2 aromatic carbocycles. The highest BCUT2D eigenvalue weighted by Crippen LogP contribution is 2.35. The zero-order valence-electron chi connectivity index (χ0n) is 18.1. The number of aromatic nitrogens is 1. The third kappa shape index (κ3) is 4.36. The van der Waals surface area contributed by atoms with Gasteiger partial charge in [-0.1, -0.05) is 30.7 Å². The highest BCUT2D eigenvalue weighted by molar-refractivity contribution is 5.63. The van der Waals surface area contributed by atoms with Crippen LogP contribution in [0.1, 0.15) is 49.2 Å². The van der Waals surface area contributed by atoms with Crippen molar-refractivity contribution in [2.45, 2.75) is 45.7 Å². The maximum Gasteiger partial charge on any atom is 0.230 e. The Morgan fingerprint density at radius 2 is 2.00 bits per heavy atom. The molecule has 1 atom stereocenters. The number of ether oxygens (including phenoxy) is 2. The van der Waals surface area contributed by atoms with Gasteiger partial charge in [-0.3, -0.25) is 4.90 Å². The Morgan fingerprint density at radius 1 is 1.13 bits per heavy atom.